The molecule has 1 amide bonds. The molecule has 122 valence electrons. The van der Waals surface area contributed by atoms with Crippen LogP contribution in [-0.4, -0.2) is 70.7 Å². The van der Waals surface area contributed by atoms with E-state index >= 15 is 0 Å². The second-order valence-electron chi connectivity index (χ2n) is 5.76. The summed E-state index contributed by atoms with van der Waals surface area (Å²) in [6, 6.07) is 7.08. The fourth-order valence-electron chi connectivity index (χ4n) is 2.36. The molecule has 7 heteroatoms. The third-order valence-corrected chi connectivity index (χ3v) is 5.21. The van der Waals surface area contributed by atoms with Gasteiger partial charge in [0.1, 0.15) is 0 Å². The van der Waals surface area contributed by atoms with Crippen molar-refractivity contribution in [2.45, 2.75) is 6.42 Å². The first kappa shape index (κ1) is 16.8. The molecule has 2 rings (SSSR count). The Kier molecular flexibility index (Phi) is 5.08. The van der Waals surface area contributed by atoms with E-state index in [0.29, 0.717) is 12.1 Å². The van der Waals surface area contributed by atoms with E-state index in [9.17, 15) is 13.2 Å². The number of amides is 1. The van der Waals surface area contributed by atoms with Gasteiger partial charge in [-0.1, -0.05) is 12.1 Å². The van der Waals surface area contributed by atoms with Crippen molar-refractivity contribution in [2.75, 3.05) is 50.8 Å². The van der Waals surface area contributed by atoms with Gasteiger partial charge in [0.05, 0.1) is 18.4 Å². The first-order chi connectivity index (χ1) is 10.3. The Labute approximate surface area is 132 Å². The number of piperazine rings is 1. The van der Waals surface area contributed by atoms with Crippen LogP contribution in [0.3, 0.4) is 0 Å². The number of likely N-dealkylation sites (N-methyl/N-ethyl adjacent to an activating group) is 1. The van der Waals surface area contributed by atoms with Crippen LogP contribution in [0, 0.1) is 0 Å². The number of rotatable bonds is 4. The van der Waals surface area contributed by atoms with Crippen molar-refractivity contribution in [3.63, 3.8) is 0 Å². The summed E-state index contributed by atoms with van der Waals surface area (Å²) in [5, 5.41) is 0. The number of hydrogen-bond donors (Lipinski definition) is 0. The smallest absolute Gasteiger partial charge is 0.231 e. The highest BCUT2D eigenvalue weighted by Crippen LogP contribution is 2.17. The lowest BCUT2D eigenvalue weighted by atomic mass is 10.1. The highest BCUT2D eigenvalue weighted by Gasteiger charge is 2.19. The molecular formula is C15H23N3O3S. The van der Waals surface area contributed by atoms with Crippen LogP contribution in [-0.2, 0) is 21.2 Å². The van der Waals surface area contributed by atoms with E-state index in [1.807, 2.05) is 17.0 Å². The van der Waals surface area contributed by atoms with Crippen molar-refractivity contribution >= 4 is 21.6 Å². The van der Waals surface area contributed by atoms with Gasteiger partial charge in [-0.2, -0.15) is 0 Å². The lowest BCUT2D eigenvalue weighted by Crippen LogP contribution is -2.47. The molecule has 1 saturated heterocycles. The number of sulfonamides is 1. The summed E-state index contributed by atoms with van der Waals surface area (Å²) in [5.74, 6) is 0.123. The van der Waals surface area contributed by atoms with Gasteiger partial charge >= 0.3 is 0 Å². The maximum Gasteiger partial charge on any atom is 0.231 e. The molecule has 1 aliphatic rings. The molecule has 0 N–H and O–H groups in total. The highest BCUT2D eigenvalue weighted by molar-refractivity contribution is 7.92. The normalized spacial score (nSPS) is 16.6. The second kappa shape index (κ2) is 6.66. The molecular weight excluding hydrogens is 302 g/mol. The minimum Gasteiger partial charge on any atom is -0.340 e. The molecule has 1 aliphatic heterocycles. The molecule has 0 saturated carbocycles. The molecule has 1 aromatic rings. The van der Waals surface area contributed by atoms with Crippen molar-refractivity contribution < 1.29 is 13.2 Å². The largest absolute Gasteiger partial charge is 0.340 e. The Morgan fingerprint density at radius 3 is 2.18 bits per heavy atom. The molecule has 0 aliphatic carbocycles. The zero-order valence-electron chi connectivity index (χ0n) is 13.3. The Hall–Kier alpha value is -1.60. The molecule has 0 atom stereocenters. The Morgan fingerprint density at radius 1 is 1.14 bits per heavy atom. The van der Waals surface area contributed by atoms with E-state index in [1.54, 1.807) is 12.1 Å². The minimum atomic E-state index is -3.26. The summed E-state index contributed by atoms with van der Waals surface area (Å²) in [7, 11) is 0.307. The first-order valence-corrected chi connectivity index (χ1v) is 9.11. The van der Waals surface area contributed by atoms with Crippen LogP contribution in [0.15, 0.2) is 24.3 Å². The third kappa shape index (κ3) is 4.20. The van der Waals surface area contributed by atoms with Gasteiger partial charge < -0.3 is 9.80 Å². The minimum absolute atomic E-state index is 0.123. The fraction of sp³-hybridized carbons (Fsp3) is 0.533. The van der Waals surface area contributed by atoms with E-state index in [2.05, 4.69) is 11.9 Å². The molecule has 0 unspecified atom stereocenters. The number of nitrogens with zero attached hydrogens (tertiary/aromatic N) is 3. The average molecular weight is 325 g/mol. The fourth-order valence-corrected chi connectivity index (χ4v) is 2.86. The molecule has 0 radical (unpaired) electrons. The topological polar surface area (TPSA) is 60.9 Å². The Balaban J connectivity index is 1.98. The summed E-state index contributed by atoms with van der Waals surface area (Å²) < 4.78 is 24.2. The zero-order valence-corrected chi connectivity index (χ0v) is 14.1. The number of carbonyl (C=O) groups is 1. The standard InChI is InChI=1S/C15H23N3O3S/c1-16-8-10-18(11-9-16)15(19)12-13-4-6-14(7-5-13)17(2)22(3,20)21/h4-7H,8-12H2,1-3H3. The van der Waals surface area contributed by atoms with Crippen LogP contribution in [0.1, 0.15) is 5.56 Å². The predicted molar refractivity (Wildman–Crippen MR) is 87.5 cm³/mol. The predicted octanol–water partition coefficient (Wildman–Crippen LogP) is 0.399. The van der Waals surface area contributed by atoms with Crippen LogP contribution < -0.4 is 4.31 Å². The summed E-state index contributed by atoms with van der Waals surface area (Å²) in [4.78, 5) is 16.3. The molecule has 0 spiro atoms. The van der Waals surface area contributed by atoms with Crippen LogP contribution >= 0.6 is 0 Å². The van der Waals surface area contributed by atoms with Gasteiger partial charge in [-0.3, -0.25) is 9.10 Å². The van der Waals surface area contributed by atoms with E-state index in [0.717, 1.165) is 38.0 Å². The van der Waals surface area contributed by atoms with Crippen molar-refractivity contribution in [1.82, 2.24) is 9.80 Å². The van der Waals surface area contributed by atoms with E-state index in [4.69, 9.17) is 0 Å². The van der Waals surface area contributed by atoms with Crippen LogP contribution in [0.4, 0.5) is 5.69 Å². The first-order valence-electron chi connectivity index (χ1n) is 7.26. The second-order valence-corrected chi connectivity index (χ2v) is 7.77. The number of benzene rings is 1. The molecule has 0 aromatic heterocycles. The van der Waals surface area contributed by atoms with Crippen LogP contribution in [0.5, 0.6) is 0 Å². The Bertz CT molecular complexity index is 620. The monoisotopic (exact) mass is 325 g/mol. The van der Waals surface area contributed by atoms with Gasteiger partial charge in [0.15, 0.2) is 0 Å². The summed E-state index contributed by atoms with van der Waals surface area (Å²) in [6.07, 6.45) is 1.52. The van der Waals surface area contributed by atoms with Gasteiger partial charge in [-0.15, -0.1) is 0 Å². The molecule has 0 bridgehead atoms. The molecule has 22 heavy (non-hydrogen) atoms. The van der Waals surface area contributed by atoms with Crippen LogP contribution in [0.25, 0.3) is 0 Å². The lowest BCUT2D eigenvalue weighted by molar-refractivity contribution is -0.132. The molecule has 1 aromatic carbocycles. The van der Waals surface area contributed by atoms with Gasteiger partial charge in [0, 0.05) is 33.2 Å². The third-order valence-electron chi connectivity index (χ3n) is 4.01. The molecule has 1 heterocycles. The van der Waals surface area contributed by atoms with Crippen molar-refractivity contribution in [3.05, 3.63) is 29.8 Å². The highest BCUT2D eigenvalue weighted by atomic mass is 32.2. The quantitative estimate of drug-likeness (QED) is 0.804. The van der Waals surface area contributed by atoms with E-state index < -0.39 is 10.0 Å². The maximum atomic E-state index is 12.3. The lowest BCUT2D eigenvalue weighted by Gasteiger charge is -2.32. The zero-order chi connectivity index (χ0) is 16.3. The summed E-state index contributed by atoms with van der Waals surface area (Å²) >= 11 is 0. The summed E-state index contributed by atoms with van der Waals surface area (Å²) in [6.45, 7) is 3.35. The van der Waals surface area contributed by atoms with E-state index in [1.165, 1.54) is 11.4 Å². The van der Waals surface area contributed by atoms with E-state index in [-0.39, 0.29) is 5.91 Å². The van der Waals surface area contributed by atoms with Crippen molar-refractivity contribution in [1.29, 1.82) is 0 Å². The van der Waals surface area contributed by atoms with Gasteiger partial charge in [0.2, 0.25) is 15.9 Å². The maximum absolute atomic E-state index is 12.3. The number of carbonyl (C=O) groups excluding carboxylic acids is 1. The SMILES string of the molecule is CN1CCN(C(=O)Cc2ccc(N(C)S(C)(=O)=O)cc2)CC1. The van der Waals surface area contributed by atoms with Gasteiger partial charge in [-0.05, 0) is 24.7 Å². The molecule has 1 fully saturated rings. The van der Waals surface area contributed by atoms with Crippen molar-refractivity contribution in [3.8, 4) is 0 Å². The van der Waals surface area contributed by atoms with Crippen LogP contribution in [0.2, 0.25) is 0 Å². The Morgan fingerprint density at radius 2 is 1.68 bits per heavy atom. The molecule has 6 nitrogen and oxygen atoms in total. The average Bonchev–Trinajstić information content (AvgIpc) is 2.47. The van der Waals surface area contributed by atoms with Crippen molar-refractivity contribution in [2.24, 2.45) is 0 Å². The number of hydrogen-bond acceptors (Lipinski definition) is 4. The van der Waals surface area contributed by atoms with Gasteiger partial charge in [0.25, 0.3) is 0 Å². The summed E-state index contributed by atoms with van der Waals surface area (Å²) in [5.41, 5.74) is 1.49. The number of anilines is 1. The van der Waals surface area contributed by atoms with Gasteiger partial charge in [-0.25, -0.2) is 8.42 Å².